The van der Waals surface area contributed by atoms with Gasteiger partial charge in [0.05, 0.1) is 19.3 Å². The predicted molar refractivity (Wildman–Crippen MR) is 97.7 cm³/mol. The number of aliphatic hydroxyl groups is 1. The lowest BCUT2D eigenvalue weighted by molar-refractivity contribution is -0.123. The van der Waals surface area contributed by atoms with Gasteiger partial charge in [-0.3, -0.25) is 9.69 Å². The minimum Gasteiger partial charge on any atom is -0.390 e. The van der Waals surface area contributed by atoms with E-state index in [0.29, 0.717) is 24.9 Å². The first kappa shape index (κ1) is 18.4. The van der Waals surface area contributed by atoms with Crippen molar-refractivity contribution in [2.45, 2.75) is 38.2 Å². The van der Waals surface area contributed by atoms with Crippen molar-refractivity contribution in [1.29, 1.82) is 0 Å². The molecule has 1 amide bonds. The average Bonchev–Trinajstić information content (AvgIpc) is 3.41. The van der Waals surface area contributed by atoms with Crippen LogP contribution in [-0.4, -0.2) is 61.4 Å². The van der Waals surface area contributed by atoms with E-state index >= 15 is 0 Å². The van der Waals surface area contributed by atoms with Crippen molar-refractivity contribution in [2.75, 3.05) is 39.4 Å². The third-order valence-corrected chi connectivity index (χ3v) is 5.24. The van der Waals surface area contributed by atoms with E-state index in [1.54, 1.807) is 0 Å². The first-order valence-corrected chi connectivity index (χ1v) is 9.40. The second kappa shape index (κ2) is 8.30. The highest BCUT2D eigenvalue weighted by Gasteiger charge is 2.43. The highest BCUT2D eigenvalue weighted by Crippen LogP contribution is 2.47. The maximum atomic E-state index is 12.3. The van der Waals surface area contributed by atoms with Gasteiger partial charge in [-0.1, -0.05) is 38.1 Å². The van der Waals surface area contributed by atoms with E-state index in [-0.39, 0.29) is 11.8 Å². The number of aliphatic hydroxyl groups excluding tert-OH is 1. The molecule has 3 rings (SSSR count). The summed E-state index contributed by atoms with van der Waals surface area (Å²) >= 11 is 0. The monoisotopic (exact) mass is 346 g/mol. The number of morpholine rings is 1. The first-order valence-electron chi connectivity index (χ1n) is 9.40. The summed E-state index contributed by atoms with van der Waals surface area (Å²) in [6.07, 6.45) is 0.386. The van der Waals surface area contributed by atoms with Gasteiger partial charge in [0.1, 0.15) is 0 Å². The number of hydrogen-bond acceptors (Lipinski definition) is 4. The van der Waals surface area contributed by atoms with Crippen molar-refractivity contribution in [3.63, 3.8) is 0 Å². The van der Waals surface area contributed by atoms with Crippen LogP contribution in [0.1, 0.15) is 43.2 Å². The molecule has 1 saturated heterocycles. The Labute approximate surface area is 150 Å². The highest BCUT2D eigenvalue weighted by atomic mass is 16.5. The van der Waals surface area contributed by atoms with Crippen LogP contribution in [-0.2, 0) is 9.53 Å². The largest absolute Gasteiger partial charge is 0.390 e. The molecule has 2 N–H and O–H groups in total. The Morgan fingerprint density at radius 1 is 1.28 bits per heavy atom. The molecule has 3 atom stereocenters. The number of ether oxygens (including phenoxy) is 1. The number of nitrogens with one attached hydrogen (secondary N) is 1. The topological polar surface area (TPSA) is 61.8 Å². The number of rotatable bonds is 7. The van der Waals surface area contributed by atoms with Crippen molar-refractivity contribution in [1.82, 2.24) is 10.2 Å². The van der Waals surface area contributed by atoms with Gasteiger partial charge in [-0.05, 0) is 29.4 Å². The van der Waals surface area contributed by atoms with E-state index in [1.165, 1.54) is 11.1 Å². The summed E-state index contributed by atoms with van der Waals surface area (Å²) in [6.45, 7) is 8.43. The van der Waals surface area contributed by atoms with Crippen LogP contribution in [0, 0.1) is 5.92 Å². The third-order valence-electron chi connectivity index (χ3n) is 5.24. The molecule has 138 valence electrons. The van der Waals surface area contributed by atoms with Gasteiger partial charge in [0, 0.05) is 32.1 Å². The van der Waals surface area contributed by atoms with Gasteiger partial charge in [0.25, 0.3) is 0 Å². The molecule has 1 aromatic carbocycles. The number of amides is 1. The summed E-state index contributed by atoms with van der Waals surface area (Å²) in [5.41, 5.74) is 2.58. The standard InChI is InChI=1S/C20H30N2O3/c1-14(2)15-3-5-16(6-4-15)18-11-19(18)20(24)21-12-17(23)13-22-7-9-25-10-8-22/h3-6,14,17-19,23H,7-13H2,1-2H3,(H,21,24). The molecule has 25 heavy (non-hydrogen) atoms. The fraction of sp³-hybridized carbons (Fsp3) is 0.650. The first-order chi connectivity index (χ1) is 12.0. The van der Waals surface area contributed by atoms with Crippen LogP contribution < -0.4 is 5.32 Å². The van der Waals surface area contributed by atoms with Gasteiger partial charge in [-0.2, -0.15) is 0 Å². The zero-order chi connectivity index (χ0) is 17.8. The molecule has 0 spiro atoms. The van der Waals surface area contributed by atoms with Crippen molar-refractivity contribution in [3.05, 3.63) is 35.4 Å². The van der Waals surface area contributed by atoms with Crippen LogP contribution in [0.2, 0.25) is 0 Å². The van der Waals surface area contributed by atoms with Crippen molar-refractivity contribution in [3.8, 4) is 0 Å². The number of carbonyl (C=O) groups is 1. The highest BCUT2D eigenvalue weighted by molar-refractivity contribution is 5.82. The minimum atomic E-state index is -0.524. The SMILES string of the molecule is CC(C)c1ccc(C2CC2C(=O)NCC(O)CN2CCOCC2)cc1. The molecule has 2 aliphatic rings. The maximum Gasteiger partial charge on any atom is 0.223 e. The lowest BCUT2D eigenvalue weighted by atomic mass is 10.00. The number of nitrogens with zero attached hydrogens (tertiary/aromatic N) is 1. The van der Waals surface area contributed by atoms with E-state index in [1.807, 2.05) is 0 Å². The van der Waals surface area contributed by atoms with E-state index < -0.39 is 6.10 Å². The molecule has 1 aliphatic carbocycles. The molecule has 3 unspecified atom stereocenters. The molecular weight excluding hydrogens is 316 g/mol. The molecule has 5 nitrogen and oxygen atoms in total. The Bertz CT molecular complexity index is 567. The van der Waals surface area contributed by atoms with Gasteiger partial charge in [0.15, 0.2) is 0 Å². The minimum absolute atomic E-state index is 0.0560. The smallest absolute Gasteiger partial charge is 0.223 e. The van der Waals surface area contributed by atoms with Crippen molar-refractivity contribution in [2.24, 2.45) is 5.92 Å². The number of β-amino-alcohol motifs (C(OH)–C–C–N with tert-alkyl or cyclic N) is 1. The van der Waals surface area contributed by atoms with Gasteiger partial charge in [-0.25, -0.2) is 0 Å². The quantitative estimate of drug-likeness (QED) is 0.789. The number of hydrogen-bond donors (Lipinski definition) is 2. The van der Waals surface area contributed by atoms with Gasteiger partial charge >= 0.3 is 0 Å². The van der Waals surface area contributed by atoms with Crippen LogP contribution in [0.25, 0.3) is 0 Å². The van der Waals surface area contributed by atoms with Crippen LogP contribution in [0.4, 0.5) is 0 Å². The summed E-state index contributed by atoms with van der Waals surface area (Å²) in [5, 5.41) is 13.0. The van der Waals surface area contributed by atoms with E-state index in [4.69, 9.17) is 4.74 Å². The Morgan fingerprint density at radius 3 is 2.60 bits per heavy atom. The molecule has 1 heterocycles. The molecule has 2 fully saturated rings. The normalized spacial score (nSPS) is 25.0. The second-order valence-electron chi connectivity index (χ2n) is 7.58. The van der Waals surface area contributed by atoms with Gasteiger partial charge < -0.3 is 15.2 Å². The van der Waals surface area contributed by atoms with E-state index in [0.717, 1.165) is 32.7 Å². The molecule has 0 bridgehead atoms. The lowest BCUT2D eigenvalue weighted by Crippen LogP contribution is -2.44. The summed E-state index contributed by atoms with van der Waals surface area (Å²) in [5.74, 6) is 0.984. The molecule has 1 saturated carbocycles. The zero-order valence-electron chi connectivity index (χ0n) is 15.3. The molecule has 1 aromatic rings. The fourth-order valence-electron chi connectivity index (χ4n) is 3.48. The Kier molecular flexibility index (Phi) is 6.10. The Balaban J connectivity index is 1.40. The summed E-state index contributed by atoms with van der Waals surface area (Å²) in [4.78, 5) is 14.5. The van der Waals surface area contributed by atoms with Crippen LogP contribution in [0.5, 0.6) is 0 Å². The van der Waals surface area contributed by atoms with E-state index in [9.17, 15) is 9.90 Å². The molecule has 5 heteroatoms. The van der Waals surface area contributed by atoms with Crippen LogP contribution >= 0.6 is 0 Å². The maximum absolute atomic E-state index is 12.3. The number of benzene rings is 1. The second-order valence-corrected chi connectivity index (χ2v) is 7.58. The summed E-state index contributed by atoms with van der Waals surface area (Å²) in [7, 11) is 0. The van der Waals surface area contributed by atoms with Gasteiger partial charge in [-0.15, -0.1) is 0 Å². The molecular formula is C20H30N2O3. The van der Waals surface area contributed by atoms with Crippen molar-refractivity contribution >= 4 is 5.91 Å². The average molecular weight is 346 g/mol. The van der Waals surface area contributed by atoms with Crippen LogP contribution in [0.15, 0.2) is 24.3 Å². The third kappa shape index (κ3) is 5.03. The van der Waals surface area contributed by atoms with Gasteiger partial charge in [0.2, 0.25) is 5.91 Å². The predicted octanol–water partition coefficient (Wildman–Crippen LogP) is 1.72. The molecule has 1 aliphatic heterocycles. The van der Waals surface area contributed by atoms with Crippen LogP contribution in [0.3, 0.4) is 0 Å². The molecule has 0 aromatic heterocycles. The number of carbonyl (C=O) groups excluding carboxylic acids is 1. The fourth-order valence-corrected chi connectivity index (χ4v) is 3.48. The van der Waals surface area contributed by atoms with E-state index in [2.05, 4.69) is 48.3 Å². The zero-order valence-corrected chi connectivity index (χ0v) is 15.3. The Morgan fingerprint density at radius 2 is 1.96 bits per heavy atom. The lowest BCUT2D eigenvalue weighted by Gasteiger charge is -2.28. The summed E-state index contributed by atoms with van der Waals surface area (Å²) in [6, 6.07) is 8.64. The summed E-state index contributed by atoms with van der Waals surface area (Å²) < 4.78 is 5.30. The molecule has 0 radical (unpaired) electrons. The Hall–Kier alpha value is -1.43. The van der Waals surface area contributed by atoms with Crippen molar-refractivity contribution < 1.29 is 14.6 Å².